The van der Waals surface area contributed by atoms with Crippen LogP contribution in [0.4, 0.5) is 5.82 Å². The van der Waals surface area contributed by atoms with E-state index in [4.69, 9.17) is 16.0 Å². The first kappa shape index (κ1) is 17.4. The Labute approximate surface area is 164 Å². The summed E-state index contributed by atoms with van der Waals surface area (Å²) in [6.07, 6.45) is 3.24. The van der Waals surface area contributed by atoms with Crippen LogP contribution in [0.2, 0.25) is 5.02 Å². The zero-order valence-electron chi connectivity index (χ0n) is 13.9. The molecule has 0 unspecified atom stereocenters. The molecule has 0 aliphatic carbocycles. The lowest BCUT2D eigenvalue weighted by Gasteiger charge is -2.32. The van der Waals surface area contributed by atoms with Gasteiger partial charge in [-0.3, -0.25) is 4.79 Å². The molecule has 0 bridgehead atoms. The molecule has 5 nitrogen and oxygen atoms in total. The van der Waals surface area contributed by atoms with Crippen LogP contribution < -0.4 is 5.32 Å². The lowest BCUT2D eigenvalue weighted by molar-refractivity contribution is 0.0686. The number of hydrogen-bond donors (Lipinski definition) is 1. The smallest absolute Gasteiger partial charge is 0.289 e. The Kier molecular flexibility index (Phi) is 4.87. The minimum Gasteiger partial charge on any atom is -0.459 e. The number of anilines is 1. The van der Waals surface area contributed by atoms with Crippen molar-refractivity contribution in [2.75, 3.05) is 18.4 Å². The van der Waals surface area contributed by atoms with E-state index in [9.17, 15) is 4.79 Å². The quantitative estimate of drug-likeness (QED) is 0.633. The van der Waals surface area contributed by atoms with Crippen molar-refractivity contribution < 1.29 is 9.21 Å². The summed E-state index contributed by atoms with van der Waals surface area (Å²) in [4.78, 5) is 18.8. The molecule has 134 valence electrons. The second kappa shape index (κ2) is 7.29. The fraction of sp³-hybridized carbons (Fsp3) is 0.263. The molecule has 0 spiro atoms. The highest BCUT2D eigenvalue weighted by Gasteiger charge is 2.25. The van der Waals surface area contributed by atoms with Crippen molar-refractivity contribution in [1.82, 2.24) is 9.88 Å². The summed E-state index contributed by atoms with van der Waals surface area (Å²) in [5.74, 6) is 1.15. The molecule has 1 amide bonds. The average Bonchev–Trinajstić information content (AvgIpc) is 3.20. The lowest BCUT2D eigenvalue weighted by atomic mass is 10.0. The van der Waals surface area contributed by atoms with Gasteiger partial charge in [0.15, 0.2) is 5.76 Å². The Balaban J connectivity index is 1.42. The van der Waals surface area contributed by atoms with Gasteiger partial charge in [-0.05, 0) is 49.2 Å². The number of piperidine rings is 1. The third-order valence-corrected chi connectivity index (χ3v) is 5.62. The van der Waals surface area contributed by atoms with E-state index in [1.807, 2.05) is 29.2 Å². The number of halogens is 2. The van der Waals surface area contributed by atoms with Crippen molar-refractivity contribution in [2.45, 2.75) is 18.9 Å². The number of carbonyl (C=O) groups excluding carboxylic acids is 1. The number of amides is 1. The summed E-state index contributed by atoms with van der Waals surface area (Å²) < 4.78 is 6.17. The van der Waals surface area contributed by atoms with Gasteiger partial charge in [-0.1, -0.05) is 27.5 Å². The Bertz CT molecular complexity index is 937. The maximum absolute atomic E-state index is 12.3. The Morgan fingerprint density at radius 3 is 2.77 bits per heavy atom. The van der Waals surface area contributed by atoms with Crippen LogP contribution in [0.25, 0.3) is 10.9 Å². The van der Waals surface area contributed by atoms with Crippen molar-refractivity contribution >= 4 is 50.2 Å². The summed E-state index contributed by atoms with van der Waals surface area (Å²) in [7, 11) is 0. The van der Waals surface area contributed by atoms with Crippen LogP contribution in [0.15, 0.2) is 51.6 Å². The number of benzene rings is 1. The first-order valence-electron chi connectivity index (χ1n) is 8.46. The highest BCUT2D eigenvalue weighted by molar-refractivity contribution is 9.10. The molecule has 2 aromatic heterocycles. The van der Waals surface area contributed by atoms with Gasteiger partial charge in [0, 0.05) is 29.0 Å². The molecule has 0 saturated carbocycles. The second-order valence-corrected chi connectivity index (χ2v) is 7.57. The van der Waals surface area contributed by atoms with Crippen molar-refractivity contribution in [1.29, 1.82) is 0 Å². The summed E-state index contributed by atoms with van der Waals surface area (Å²) in [5, 5.41) is 5.09. The monoisotopic (exact) mass is 433 g/mol. The molecule has 0 atom stereocenters. The third kappa shape index (κ3) is 3.44. The van der Waals surface area contributed by atoms with Gasteiger partial charge >= 0.3 is 0 Å². The number of fused-ring (bicyclic) bond motifs is 1. The number of furan rings is 1. The molecule has 26 heavy (non-hydrogen) atoms. The number of hydrogen-bond acceptors (Lipinski definition) is 4. The molecule has 4 rings (SSSR count). The van der Waals surface area contributed by atoms with E-state index in [2.05, 4.69) is 26.2 Å². The van der Waals surface area contributed by atoms with Crippen LogP contribution in [0.3, 0.4) is 0 Å². The maximum atomic E-state index is 12.3. The standard InChI is InChI=1S/C19H17BrClN3O2/c20-14-4-5-15(21)18-13(14)3-6-17(23-18)22-12-7-9-24(10-8-12)19(25)16-2-1-11-26-16/h1-6,11-12H,7-10H2,(H,22,23). The predicted octanol–water partition coefficient (Wildman–Crippen LogP) is 4.96. The number of carbonyl (C=O) groups is 1. The topological polar surface area (TPSA) is 58.4 Å². The first-order valence-corrected chi connectivity index (χ1v) is 9.63. The van der Waals surface area contributed by atoms with Crippen LogP contribution >= 0.6 is 27.5 Å². The molecule has 1 aromatic carbocycles. The minimum atomic E-state index is -0.0473. The van der Waals surface area contributed by atoms with E-state index in [0.29, 0.717) is 23.9 Å². The Morgan fingerprint density at radius 1 is 1.23 bits per heavy atom. The van der Waals surface area contributed by atoms with Crippen molar-refractivity contribution in [3.8, 4) is 0 Å². The van der Waals surface area contributed by atoms with Crippen molar-refractivity contribution in [3.63, 3.8) is 0 Å². The van der Waals surface area contributed by atoms with Gasteiger partial charge in [-0.2, -0.15) is 0 Å². The summed E-state index contributed by atoms with van der Waals surface area (Å²) in [6, 6.07) is 11.4. The highest BCUT2D eigenvalue weighted by atomic mass is 79.9. The van der Waals surface area contributed by atoms with Gasteiger partial charge in [0.05, 0.1) is 16.8 Å². The molecular weight excluding hydrogens is 418 g/mol. The van der Waals surface area contributed by atoms with Crippen molar-refractivity contribution in [2.24, 2.45) is 0 Å². The normalized spacial score (nSPS) is 15.4. The van der Waals surface area contributed by atoms with Crippen LogP contribution in [0.1, 0.15) is 23.4 Å². The van der Waals surface area contributed by atoms with Gasteiger partial charge in [0.1, 0.15) is 5.82 Å². The van der Waals surface area contributed by atoms with Crippen LogP contribution in [0, 0.1) is 0 Å². The number of pyridine rings is 1. The van der Waals surface area contributed by atoms with Crippen LogP contribution in [0.5, 0.6) is 0 Å². The maximum Gasteiger partial charge on any atom is 0.289 e. The molecule has 1 aliphatic heterocycles. The zero-order valence-corrected chi connectivity index (χ0v) is 16.3. The number of aromatic nitrogens is 1. The van der Waals surface area contributed by atoms with E-state index >= 15 is 0 Å². The fourth-order valence-electron chi connectivity index (χ4n) is 3.22. The number of nitrogens with zero attached hydrogens (tertiary/aromatic N) is 2. The van der Waals surface area contributed by atoms with E-state index in [-0.39, 0.29) is 11.9 Å². The average molecular weight is 435 g/mol. The molecule has 0 radical (unpaired) electrons. The highest BCUT2D eigenvalue weighted by Crippen LogP contribution is 2.30. The molecule has 1 N–H and O–H groups in total. The van der Waals surface area contributed by atoms with E-state index < -0.39 is 0 Å². The van der Waals surface area contributed by atoms with Crippen LogP contribution in [-0.2, 0) is 0 Å². The van der Waals surface area contributed by atoms with Crippen molar-refractivity contribution in [3.05, 3.63) is 57.9 Å². The van der Waals surface area contributed by atoms with Gasteiger partial charge in [0.25, 0.3) is 5.91 Å². The first-order chi connectivity index (χ1) is 12.6. The SMILES string of the molecule is O=C(c1ccco1)N1CCC(Nc2ccc3c(Br)ccc(Cl)c3n2)CC1. The van der Waals surface area contributed by atoms with E-state index in [1.54, 1.807) is 12.1 Å². The van der Waals surface area contributed by atoms with E-state index in [1.165, 1.54) is 6.26 Å². The van der Waals surface area contributed by atoms with Gasteiger partial charge in [-0.25, -0.2) is 4.98 Å². The summed E-state index contributed by atoms with van der Waals surface area (Å²) in [6.45, 7) is 1.38. The zero-order chi connectivity index (χ0) is 18.1. The minimum absolute atomic E-state index is 0.0473. The summed E-state index contributed by atoms with van der Waals surface area (Å²) in [5.41, 5.74) is 0.775. The molecule has 1 aliphatic rings. The third-order valence-electron chi connectivity index (χ3n) is 4.62. The molecule has 3 heterocycles. The Morgan fingerprint density at radius 2 is 2.04 bits per heavy atom. The predicted molar refractivity (Wildman–Crippen MR) is 106 cm³/mol. The Hall–Kier alpha value is -2.05. The molecule has 7 heteroatoms. The van der Waals surface area contributed by atoms with Gasteiger partial charge in [0.2, 0.25) is 0 Å². The summed E-state index contributed by atoms with van der Waals surface area (Å²) >= 11 is 9.81. The second-order valence-electron chi connectivity index (χ2n) is 6.31. The van der Waals surface area contributed by atoms with E-state index in [0.717, 1.165) is 34.0 Å². The molecule has 3 aromatic rings. The van der Waals surface area contributed by atoms with Gasteiger partial charge < -0.3 is 14.6 Å². The number of likely N-dealkylation sites (tertiary alicyclic amines) is 1. The number of nitrogens with one attached hydrogen (secondary N) is 1. The lowest BCUT2D eigenvalue weighted by Crippen LogP contribution is -2.42. The molecular formula is C19H17BrClN3O2. The molecule has 1 saturated heterocycles. The number of rotatable bonds is 3. The largest absolute Gasteiger partial charge is 0.459 e. The fourth-order valence-corrected chi connectivity index (χ4v) is 3.88. The van der Waals surface area contributed by atoms with Crippen LogP contribution in [-0.4, -0.2) is 34.9 Å². The molecule has 1 fully saturated rings. The van der Waals surface area contributed by atoms with Gasteiger partial charge in [-0.15, -0.1) is 0 Å².